The van der Waals surface area contributed by atoms with Crippen LogP contribution in [-0.4, -0.2) is 45.7 Å². The third kappa shape index (κ3) is 7.34. The molecule has 104 valence electrons. The van der Waals surface area contributed by atoms with Gasteiger partial charge in [0, 0.05) is 11.5 Å². The Morgan fingerprint density at radius 1 is 0.944 bits per heavy atom. The zero-order valence-corrected chi connectivity index (χ0v) is 12.2. The second-order valence-electron chi connectivity index (χ2n) is 3.06. The Bertz CT molecular complexity index is 322. The molecular formula is C8H12Cl2N2O4S2. The lowest BCUT2D eigenvalue weighted by atomic mass is 10.4. The number of carboxylic acids is 2. The Balaban J connectivity index is 4.19. The molecule has 0 aromatic rings. The Labute approximate surface area is 122 Å². The van der Waals surface area contributed by atoms with Gasteiger partial charge in [-0.15, -0.1) is 23.5 Å². The lowest BCUT2D eigenvalue weighted by molar-refractivity contribution is -0.138. The zero-order valence-electron chi connectivity index (χ0n) is 9.01. The van der Waals surface area contributed by atoms with Crippen LogP contribution in [0, 0.1) is 0 Å². The molecule has 10 heteroatoms. The normalized spacial score (nSPS) is 15.8. The second kappa shape index (κ2) is 8.89. The summed E-state index contributed by atoms with van der Waals surface area (Å²) in [6, 6.07) is -2.08. The van der Waals surface area contributed by atoms with Crippen LogP contribution in [-0.2, 0) is 9.59 Å². The van der Waals surface area contributed by atoms with Gasteiger partial charge in [0.05, 0.1) is 8.73 Å². The Hall–Kier alpha value is -0.120. The first-order valence-electron chi connectivity index (χ1n) is 4.53. The number of hydrogen-bond acceptors (Lipinski definition) is 6. The van der Waals surface area contributed by atoms with Crippen molar-refractivity contribution in [2.24, 2.45) is 11.5 Å². The quantitative estimate of drug-likeness (QED) is 0.515. The summed E-state index contributed by atoms with van der Waals surface area (Å²) in [6.07, 6.45) is 0. The van der Waals surface area contributed by atoms with Gasteiger partial charge in [0.15, 0.2) is 0 Å². The second-order valence-corrected chi connectivity index (χ2v) is 6.32. The minimum Gasteiger partial charge on any atom is -0.480 e. The van der Waals surface area contributed by atoms with Crippen LogP contribution in [0.3, 0.4) is 0 Å². The van der Waals surface area contributed by atoms with E-state index < -0.39 is 24.0 Å². The van der Waals surface area contributed by atoms with Gasteiger partial charge in [-0.1, -0.05) is 23.2 Å². The van der Waals surface area contributed by atoms with Crippen molar-refractivity contribution in [2.75, 3.05) is 11.5 Å². The van der Waals surface area contributed by atoms with Crippen LogP contribution >= 0.6 is 46.7 Å². The summed E-state index contributed by atoms with van der Waals surface area (Å²) in [6.45, 7) is 0. The van der Waals surface area contributed by atoms with Gasteiger partial charge in [0.2, 0.25) is 0 Å². The fraction of sp³-hybridized carbons (Fsp3) is 0.500. The maximum Gasteiger partial charge on any atom is 0.321 e. The van der Waals surface area contributed by atoms with Crippen LogP contribution in [0.15, 0.2) is 8.73 Å². The summed E-state index contributed by atoms with van der Waals surface area (Å²) in [5, 5.41) is 17.1. The molecule has 0 aliphatic rings. The van der Waals surface area contributed by atoms with Gasteiger partial charge in [-0.2, -0.15) is 0 Å². The smallest absolute Gasteiger partial charge is 0.321 e. The number of hydrogen-bond donors (Lipinski definition) is 4. The summed E-state index contributed by atoms with van der Waals surface area (Å²) < 4.78 is 0.326. The van der Waals surface area contributed by atoms with E-state index >= 15 is 0 Å². The third-order valence-electron chi connectivity index (χ3n) is 1.57. The van der Waals surface area contributed by atoms with Gasteiger partial charge in [0.25, 0.3) is 0 Å². The highest BCUT2D eigenvalue weighted by Crippen LogP contribution is 2.33. The van der Waals surface area contributed by atoms with Crippen LogP contribution in [0.25, 0.3) is 0 Å². The Morgan fingerprint density at radius 3 is 1.44 bits per heavy atom. The Morgan fingerprint density at radius 2 is 1.22 bits per heavy atom. The third-order valence-corrected chi connectivity index (χ3v) is 5.02. The Kier molecular flexibility index (Phi) is 8.83. The van der Waals surface area contributed by atoms with Crippen molar-refractivity contribution in [1.82, 2.24) is 0 Å². The number of carbonyl (C=O) groups is 2. The number of nitrogens with two attached hydrogens (primary N) is 2. The van der Waals surface area contributed by atoms with Crippen molar-refractivity contribution < 1.29 is 19.8 Å². The number of thioether (sulfide) groups is 2. The fourth-order valence-corrected chi connectivity index (χ4v) is 2.80. The number of rotatable bonds is 8. The van der Waals surface area contributed by atoms with Gasteiger partial charge in [-0.3, -0.25) is 9.59 Å². The summed E-state index contributed by atoms with van der Waals surface area (Å²) >= 11 is 13.6. The molecule has 6 nitrogen and oxygen atoms in total. The molecule has 0 amide bonds. The summed E-state index contributed by atoms with van der Waals surface area (Å²) in [5.41, 5.74) is 10.6. The monoisotopic (exact) mass is 334 g/mol. The molecule has 0 fully saturated rings. The fourth-order valence-electron chi connectivity index (χ4n) is 0.582. The molecule has 0 aliphatic heterocycles. The molecule has 0 radical (unpaired) electrons. The van der Waals surface area contributed by atoms with Gasteiger partial charge in [-0.05, 0) is 0 Å². The first-order valence-corrected chi connectivity index (χ1v) is 7.26. The summed E-state index contributed by atoms with van der Waals surface area (Å²) in [5.74, 6) is -2.14. The van der Waals surface area contributed by atoms with E-state index in [0.29, 0.717) is 0 Å². The van der Waals surface area contributed by atoms with Gasteiger partial charge < -0.3 is 21.7 Å². The largest absolute Gasteiger partial charge is 0.480 e. The minimum absolute atomic E-state index is 0.0654. The highest BCUT2D eigenvalue weighted by atomic mass is 35.5. The zero-order chi connectivity index (χ0) is 14.3. The van der Waals surface area contributed by atoms with Crippen LogP contribution in [0.2, 0.25) is 0 Å². The molecule has 18 heavy (non-hydrogen) atoms. The minimum atomic E-state index is -1.14. The van der Waals surface area contributed by atoms with Crippen LogP contribution < -0.4 is 11.5 Å². The molecule has 0 spiro atoms. The van der Waals surface area contributed by atoms with Crippen molar-refractivity contribution >= 4 is 58.7 Å². The standard InChI is InChI=1S/C8H12Cl2N2O4S2/c9-5(17-1-3(11)7(13)14)6(10)18-2-4(12)8(15)16/h3-4H,1-2,11-12H2,(H,13,14)(H,15,16)/b6-5-. The average molecular weight is 335 g/mol. The molecule has 6 N–H and O–H groups in total. The predicted octanol–water partition coefficient (Wildman–Crippen LogP) is 0.881. The first-order chi connectivity index (χ1) is 8.25. The highest BCUT2D eigenvalue weighted by Gasteiger charge is 2.16. The van der Waals surface area contributed by atoms with Crippen LogP contribution in [0.5, 0.6) is 0 Å². The number of aliphatic carboxylic acids is 2. The van der Waals surface area contributed by atoms with E-state index in [4.69, 9.17) is 44.9 Å². The summed E-state index contributed by atoms with van der Waals surface area (Å²) in [7, 11) is 0. The van der Waals surface area contributed by atoms with E-state index in [1.165, 1.54) is 0 Å². The molecule has 2 atom stereocenters. The van der Waals surface area contributed by atoms with E-state index in [1.54, 1.807) is 0 Å². The van der Waals surface area contributed by atoms with Crippen molar-refractivity contribution in [3.8, 4) is 0 Å². The molecule has 0 heterocycles. The SMILES string of the molecule is NC(CS/C(Cl)=C(/Cl)SCC(N)C(=O)O)C(=O)O. The van der Waals surface area contributed by atoms with E-state index in [0.717, 1.165) is 23.5 Å². The molecule has 0 aliphatic carbocycles. The van der Waals surface area contributed by atoms with Gasteiger partial charge in [-0.25, -0.2) is 0 Å². The lowest BCUT2D eigenvalue weighted by Crippen LogP contribution is -2.32. The van der Waals surface area contributed by atoms with E-state index in [2.05, 4.69) is 0 Å². The predicted molar refractivity (Wildman–Crippen MR) is 74.9 cm³/mol. The molecule has 2 unspecified atom stereocenters. The van der Waals surface area contributed by atoms with Crippen LogP contribution in [0.1, 0.15) is 0 Å². The molecule has 0 saturated heterocycles. The lowest BCUT2D eigenvalue weighted by Gasteiger charge is -2.08. The molecule has 0 rings (SSSR count). The molecular weight excluding hydrogens is 323 g/mol. The average Bonchev–Trinajstić information content (AvgIpc) is 2.31. The molecule has 0 saturated carbocycles. The van der Waals surface area contributed by atoms with Gasteiger partial charge >= 0.3 is 11.9 Å². The van der Waals surface area contributed by atoms with Crippen molar-refractivity contribution in [3.63, 3.8) is 0 Å². The first kappa shape index (κ1) is 17.9. The maximum atomic E-state index is 10.5. The number of halogens is 2. The van der Waals surface area contributed by atoms with Crippen molar-refractivity contribution in [1.29, 1.82) is 0 Å². The number of carboxylic acid groups (broad SMARTS) is 2. The van der Waals surface area contributed by atoms with Crippen molar-refractivity contribution in [3.05, 3.63) is 8.73 Å². The van der Waals surface area contributed by atoms with E-state index in [9.17, 15) is 9.59 Å². The highest BCUT2D eigenvalue weighted by molar-refractivity contribution is 8.08. The molecule has 0 aromatic heterocycles. The van der Waals surface area contributed by atoms with E-state index in [1.807, 2.05) is 0 Å². The maximum absolute atomic E-state index is 10.5. The topological polar surface area (TPSA) is 127 Å². The molecule has 0 aromatic carbocycles. The van der Waals surface area contributed by atoms with Gasteiger partial charge in [0.1, 0.15) is 12.1 Å². The summed E-state index contributed by atoms with van der Waals surface area (Å²) in [4.78, 5) is 20.9. The van der Waals surface area contributed by atoms with Crippen molar-refractivity contribution in [2.45, 2.75) is 12.1 Å². The molecule has 0 bridgehead atoms. The van der Waals surface area contributed by atoms with Crippen LogP contribution in [0.4, 0.5) is 0 Å². The van der Waals surface area contributed by atoms with E-state index in [-0.39, 0.29) is 20.2 Å².